The Hall–Kier alpha value is -1.00. The lowest BCUT2D eigenvalue weighted by atomic mass is 9.82. The minimum Gasteiger partial charge on any atom is -0.394 e. The van der Waals surface area contributed by atoms with Crippen LogP contribution in [0.5, 0.6) is 0 Å². The second-order valence-electron chi connectivity index (χ2n) is 5.05. The summed E-state index contributed by atoms with van der Waals surface area (Å²) in [6.45, 7) is 0.141. The number of aliphatic hydroxyl groups is 1. The SMILES string of the molecule is OCC1(NCc2c(F)cccc2F)CCCCC1. The Labute approximate surface area is 106 Å². The fourth-order valence-corrected chi connectivity index (χ4v) is 2.60. The van der Waals surface area contributed by atoms with Gasteiger partial charge in [0.1, 0.15) is 11.6 Å². The molecule has 1 aliphatic rings. The minimum atomic E-state index is -0.536. The van der Waals surface area contributed by atoms with Gasteiger partial charge in [0.25, 0.3) is 0 Å². The number of benzene rings is 1. The summed E-state index contributed by atoms with van der Waals surface area (Å²) in [5.74, 6) is -1.07. The van der Waals surface area contributed by atoms with Crippen LogP contribution in [0.3, 0.4) is 0 Å². The van der Waals surface area contributed by atoms with Gasteiger partial charge in [-0.25, -0.2) is 8.78 Å². The molecule has 18 heavy (non-hydrogen) atoms. The van der Waals surface area contributed by atoms with Gasteiger partial charge < -0.3 is 10.4 Å². The Morgan fingerprint density at radius 1 is 1.11 bits per heavy atom. The molecule has 0 amide bonds. The van der Waals surface area contributed by atoms with Gasteiger partial charge >= 0.3 is 0 Å². The van der Waals surface area contributed by atoms with E-state index in [0.29, 0.717) is 0 Å². The highest BCUT2D eigenvalue weighted by atomic mass is 19.1. The zero-order valence-corrected chi connectivity index (χ0v) is 10.4. The Morgan fingerprint density at radius 2 is 1.72 bits per heavy atom. The van der Waals surface area contributed by atoms with Gasteiger partial charge in [0.2, 0.25) is 0 Å². The maximum absolute atomic E-state index is 13.5. The van der Waals surface area contributed by atoms with E-state index in [-0.39, 0.29) is 24.3 Å². The highest BCUT2D eigenvalue weighted by molar-refractivity contribution is 5.19. The van der Waals surface area contributed by atoms with Crippen molar-refractivity contribution >= 4 is 0 Å². The van der Waals surface area contributed by atoms with Crippen molar-refractivity contribution in [2.75, 3.05) is 6.61 Å². The lowest BCUT2D eigenvalue weighted by Crippen LogP contribution is -2.49. The van der Waals surface area contributed by atoms with Crippen molar-refractivity contribution < 1.29 is 13.9 Å². The fraction of sp³-hybridized carbons (Fsp3) is 0.571. The summed E-state index contributed by atoms with van der Waals surface area (Å²) < 4.78 is 27.0. The molecule has 1 aromatic carbocycles. The third kappa shape index (κ3) is 2.87. The van der Waals surface area contributed by atoms with Crippen molar-refractivity contribution in [3.63, 3.8) is 0 Å². The molecule has 0 aliphatic heterocycles. The number of aliphatic hydroxyl groups excluding tert-OH is 1. The standard InChI is InChI=1S/C14H19F2NO/c15-12-5-4-6-13(16)11(12)9-17-14(10-18)7-2-1-3-8-14/h4-6,17-18H,1-3,7-10H2. The van der Waals surface area contributed by atoms with Gasteiger partial charge in [0, 0.05) is 17.6 Å². The zero-order chi connectivity index (χ0) is 13.0. The second kappa shape index (κ2) is 5.76. The second-order valence-corrected chi connectivity index (χ2v) is 5.05. The summed E-state index contributed by atoms with van der Waals surface area (Å²) in [6, 6.07) is 3.87. The van der Waals surface area contributed by atoms with E-state index in [4.69, 9.17) is 0 Å². The molecule has 1 aliphatic carbocycles. The van der Waals surface area contributed by atoms with Crippen LogP contribution in [-0.4, -0.2) is 17.3 Å². The van der Waals surface area contributed by atoms with Crippen LogP contribution in [-0.2, 0) is 6.54 Å². The molecule has 0 bridgehead atoms. The number of nitrogens with one attached hydrogen (secondary N) is 1. The van der Waals surface area contributed by atoms with E-state index < -0.39 is 11.6 Å². The van der Waals surface area contributed by atoms with Crippen molar-refractivity contribution in [3.8, 4) is 0 Å². The first-order chi connectivity index (χ1) is 8.67. The molecular weight excluding hydrogens is 236 g/mol. The Morgan fingerprint density at radius 3 is 2.28 bits per heavy atom. The largest absolute Gasteiger partial charge is 0.394 e. The number of halogens is 2. The summed E-state index contributed by atoms with van der Waals surface area (Å²) in [6.07, 6.45) is 4.98. The first kappa shape index (κ1) is 13.4. The van der Waals surface area contributed by atoms with E-state index in [1.807, 2.05) is 0 Å². The van der Waals surface area contributed by atoms with Crippen LogP contribution >= 0.6 is 0 Å². The van der Waals surface area contributed by atoms with E-state index >= 15 is 0 Å². The summed E-state index contributed by atoms with van der Waals surface area (Å²) in [4.78, 5) is 0. The Kier molecular flexibility index (Phi) is 4.30. The molecule has 1 fully saturated rings. The van der Waals surface area contributed by atoms with Crippen molar-refractivity contribution in [3.05, 3.63) is 35.4 Å². The van der Waals surface area contributed by atoms with Gasteiger partial charge in [-0.15, -0.1) is 0 Å². The molecule has 2 nitrogen and oxygen atoms in total. The molecule has 0 spiro atoms. The molecule has 1 saturated carbocycles. The van der Waals surface area contributed by atoms with E-state index in [9.17, 15) is 13.9 Å². The van der Waals surface area contributed by atoms with Crippen molar-refractivity contribution in [2.45, 2.75) is 44.2 Å². The minimum absolute atomic E-state index is 0.0169. The third-order valence-electron chi connectivity index (χ3n) is 3.82. The van der Waals surface area contributed by atoms with E-state index in [1.165, 1.54) is 18.2 Å². The molecule has 0 saturated heterocycles. The summed E-state index contributed by atoms with van der Waals surface area (Å²) >= 11 is 0. The lowest BCUT2D eigenvalue weighted by Gasteiger charge is -2.36. The van der Waals surface area contributed by atoms with E-state index in [1.54, 1.807) is 0 Å². The molecule has 0 radical (unpaired) electrons. The first-order valence-corrected chi connectivity index (χ1v) is 6.46. The average Bonchev–Trinajstić information content (AvgIpc) is 2.39. The van der Waals surface area contributed by atoms with Gasteiger partial charge in [-0.1, -0.05) is 25.3 Å². The van der Waals surface area contributed by atoms with Crippen LogP contribution in [0, 0.1) is 11.6 Å². The Balaban J connectivity index is 2.05. The molecule has 0 unspecified atom stereocenters. The molecule has 1 aromatic rings. The van der Waals surface area contributed by atoms with Crippen molar-refractivity contribution in [1.82, 2.24) is 5.32 Å². The third-order valence-corrected chi connectivity index (χ3v) is 3.82. The van der Waals surface area contributed by atoms with Crippen LogP contribution in [0.15, 0.2) is 18.2 Å². The van der Waals surface area contributed by atoms with Crippen LogP contribution in [0.2, 0.25) is 0 Å². The maximum Gasteiger partial charge on any atom is 0.130 e. The summed E-state index contributed by atoms with van der Waals surface area (Å²) in [5, 5.41) is 12.7. The predicted octanol–water partition coefficient (Wildman–Crippen LogP) is 2.75. The highest BCUT2D eigenvalue weighted by Gasteiger charge is 2.31. The van der Waals surface area contributed by atoms with Gasteiger partial charge in [-0.2, -0.15) is 0 Å². The van der Waals surface area contributed by atoms with Crippen LogP contribution in [0.25, 0.3) is 0 Å². The lowest BCUT2D eigenvalue weighted by molar-refractivity contribution is 0.119. The van der Waals surface area contributed by atoms with Crippen LogP contribution < -0.4 is 5.32 Å². The molecule has 4 heteroatoms. The topological polar surface area (TPSA) is 32.3 Å². The molecule has 2 rings (SSSR count). The van der Waals surface area contributed by atoms with Gasteiger partial charge in [0.05, 0.1) is 6.61 Å². The fourth-order valence-electron chi connectivity index (χ4n) is 2.60. The van der Waals surface area contributed by atoms with Crippen LogP contribution in [0.1, 0.15) is 37.7 Å². The summed E-state index contributed by atoms with van der Waals surface area (Å²) in [5.41, 5.74) is -0.316. The van der Waals surface area contributed by atoms with Crippen LogP contribution in [0.4, 0.5) is 8.78 Å². The van der Waals surface area contributed by atoms with Gasteiger partial charge in [-0.3, -0.25) is 0 Å². The number of rotatable bonds is 4. The number of hydrogen-bond donors (Lipinski definition) is 2. The highest BCUT2D eigenvalue weighted by Crippen LogP contribution is 2.28. The zero-order valence-electron chi connectivity index (χ0n) is 10.4. The normalized spacial score (nSPS) is 18.8. The van der Waals surface area contributed by atoms with E-state index in [2.05, 4.69) is 5.32 Å². The molecule has 100 valence electrons. The maximum atomic E-state index is 13.5. The van der Waals surface area contributed by atoms with E-state index in [0.717, 1.165) is 32.1 Å². The molecule has 0 atom stereocenters. The van der Waals surface area contributed by atoms with Crippen molar-refractivity contribution in [1.29, 1.82) is 0 Å². The summed E-state index contributed by atoms with van der Waals surface area (Å²) in [7, 11) is 0. The smallest absolute Gasteiger partial charge is 0.130 e. The molecular formula is C14H19F2NO. The predicted molar refractivity (Wildman–Crippen MR) is 66.1 cm³/mol. The van der Waals surface area contributed by atoms with Gasteiger partial charge in [0.15, 0.2) is 0 Å². The molecule has 2 N–H and O–H groups in total. The first-order valence-electron chi connectivity index (χ1n) is 6.46. The number of hydrogen-bond acceptors (Lipinski definition) is 2. The Bertz CT molecular complexity index is 383. The molecule has 0 heterocycles. The van der Waals surface area contributed by atoms with Crippen molar-refractivity contribution in [2.24, 2.45) is 0 Å². The monoisotopic (exact) mass is 255 g/mol. The quantitative estimate of drug-likeness (QED) is 0.867. The average molecular weight is 255 g/mol. The van der Waals surface area contributed by atoms with Gasteiger partial charge in [-0.05, 0) is 25.0 Å². The molecule has 0 aromatic heterocycles.